The summed E-state index contributed by atoms with van der Waals surface area (Å²) in [4.78, 5) is 16.2. The van der Waals surface area contributed by atoms with Crippen LogP contribution in [0.15, 0.2) is 18.2 Å². The van der Waals surface area contributed by atoms with E-state index < -0.39 is 0 Å². The van der Waals surface area contributed by atoms with Crippen LogP contribution in [0.25, 0.3) is 0 Å². The van der Waals surface area contributed by atoms with E-state index in [1.807, 2.05) is 26.2 Å². The summed E-state index contributed by atoms with van der Waals surface area (Å²) in [6.45, 7) is 4.07. The first kappa shape index (κ1) is 17.1. The van der Waals surface area contributed by atoms with E-state index >= 15 is 0 Å². The van der Waals surface area contributed by atoms with Gasteiger partial charge in [-0.25, -0.2) is 0 Å². The number of methoxy groups -OCH3 is 1. The maximum absolute atomic E-state index is 12.0. The number of hydrogen-bond acceptors (Lipinski definition) is 3. The summed E-state index contributed by atoms with van der Waals surface area (Å²) < 4.78 is 5.20. The van der Waals surface area contributed by atoms with Crippen molar-refractivity contribution in [3.63, 3.8) is 0 Å². The minimum Gasteiger partial charge on any atom is -0.495 e. The standard InChI is InChI=1S/C17H25ClN2O2/c1-12(14-5-6-16(22-4)15(18)11-14)20-9-7-13(8-10-20)17(21)19(2)3/h5-6,11-13H,7-10H2,1-4H3/t12-/m1/s1. The molecular formula is C17H25ClN2O2. The molecule has 4 nitrogen and oxygen atoms in total. The molecule has 1 aliphatic rings. The predicted octanol–water partition coefficient (Wildman–Crippen LogP) is 3.21. The second-order valence-electron chi connectivity index (χ2n) is 6.11. The minimum absolute atomic E-state index is 0.165. The molecule has 1 atom stereocenters. The quantitative estimate of drug-likeness (QED) is 0.852. The summed E-state index contributed by atoms with van der Waals surface area (Å²) in [7, 11) is 5.28. The minimum atomic E-state index is 0.165. The topological polar surface area (TPSA) is 32.8 Å². The van der Waals surface area contributed by atoms with Crippen molar-refractivity contribution >= 4 is 17.5 Å². The van der Waals surface area contributed by atoms with Crippen LogP contribution in [0.4, 0.5) is 0 Å². The van der Waals surface area contributed by atoms with Gasteiger partial charge in [-0.2, -0.15) is 0 Å². The highest BCUT2D eigenvalue weighted by atomic mass is 35.5. The predicted molar refractivity (Wildman–Crippen MR) is 89.4 cm³/mol. The van der Waals surface area contributed by atoms with Crippen molar-refractivity contribution in [1.82, 2.24) is 9.80 Å². The Morgan fingerprint density at radius 2 is 2.00 bits per heavy atom. The van der Waals surface area contributed by atoms with Crippen molar-refractivity contribution in [2.75, 3.05) is 34.3 Å². The maximum atomic E-state index is 12.0. The first-order chi connectivity index (χ1) is 10.4. The summed E-state index contributed by atoms with van der Waals surface area (Å²) in [6.07, 6.45) is 1.84. The third kappa shape index (κ3) is 3.73. The zero-order valence-corrected chi connectivity index (χ0v) is 14.6. The number of benzene rings is 1. The van der Waals surface area contributed by atoms with Crippen LogP contribution >= 0.6 is 11.6 Å². The fourth-order valence-corrected chi connectivity index (χ4v) is 3.32. The van der Waals surface area contributed by atoms with Gasteiger partial charge in [0.15, 0.2) is 0 Å². The molecule has 0 spiro atoms. The molecule has 22 heavy (non-hydrogen) atoms. The zero-order chi connectivity index (χ0) is 16.3. The van der Waals surface area contributed by atoms with E-state index in [0.29, 0.717) is 16.8 Å². The van der Waals surface area contributed by atoms with E-state index in [4.69, 9.17) is 16.3 Å². The molecule has 1 aromatic carbocycles. The lowest BCUT2D eigenvalue weighted by atomic mass is 9.93. The van der Waals surface area contributed by atoms with Crippen LogP contribution in [-0.4, -0.2) is 50.0 Å². The SMILES string of the molecule is COc1ccc([C@@H](C)N2CCC(C(=O)N(C)C)CC2)cc1Cl. The van der Waals surface area contributed by atoms with E-state index in [1.165, 1.54) is 5.56 Å². The summed E-state index contributed by atoms with van der Waals surface area (Å²) in [5.74, 6) is 1.12. The number of carbonyl (C=O) groups is 1. The Morgan fingerprint density at radius 1 is 1.36 bits per heavy atom. The first-order valence-electron chi connectivity index (χ1n) is 7.72. The number of piperidine rings is 1. The van der Waals surface area contributed by atoms with E-state index in [2.05, 4.69) is 17.9 Å². The van der Waals surface area contributed by atoms with Crippen molar-refractivity contribution in [2.24, 2.45) is 5.92 Å². The number of amides is 1. The Labute approximate surface area is 138 Å². The molecule has 2 rings (SSSR count). The fourth-order valence-electron chi connectivity index (χ4n) is 3.05. The number of nitrogens with zero attached hydrogens (tertiary/aromatic N) is 2. The van der Waals surface area contributed by atoms with Crippen LogP contribution in [0.5, 0.6) is 5.75 Å². The van der Waals surface area contributed by atoms with E-state index in [1.54, 1.807) is 12.0 Å². The van der Waals surface area contributed by atoms with Gasteiger partial charge >= 0.3 is 0 Å². The molecule has 1 aromatic rings. The van der Waals surface area contributed by atoms with Gasteiger partial charge in [0.25, 0.3) is 0 Å². The Bertz CT molecular complexity index is 525. The molecule has 1 heterocycles. The van der Waals surface area contributed by atoms with Gasteiger partial charge in [0, 0.05) is 26.1 Å². The Balaban J connectivity index is 1.99. The van der Waals surface area contributed by atoms with Gasteiger partial charge in [-0.1, -0.05) is 17.7 Å². The number of rotatable bonds is 4. The number of ether oxygens (including phenoxy) is 1. The zero-order valence-electron chi connectivity index (χ0n) is 13.8. The van der Waals surface area contributed by atoms with Crippen molar-refractivity contribution < 1.29 is 9.53 Å². The van der Waals surface area contributed by atoms with E-state index in [-0.39, 0.29) is 11.8 Å². The Kier molecular flexibility index (Phi) is 5.70. The third-order valence-corrected chi connectivity index (χ3v) is 4.82. The molecular weight excluding hydrogens is 300 g/mol. The highest BCUT2D eigenvalue weighted by molar-refractivity contribution is 6.32. The number of halogens is 1. The van der Waals surface area contributed by atoms with Crippen LogP contribution in [-0.2, 0) is 4.79 Å². The molecule has 0 N–H and O–H groups in total. The highest BCUT2D eigenvalue weighted by Gasteiger charge is 2.28. The van der Waals surface area contributed by atoms with Crippen LogP contribution in [0, 0.1) is 5.92 Å². The summed E-state index contributed by atoms with van der Waals surface area (Å²) in [6, 6.07) is 6.24. The van der Waals surface area contributed by atoms with Gasteiger partial charge < -0.3 is 9.64 Å². The largest absolute Gasteiger partial charge is 0.495 e. The lowest BCUT2D eigenvalue weighted by molar-refractivity contribution is -0.134. The van der Waals surface area contributed by atoms with Gasteiger partial charge in [-0.15, -0.1) is 0 Å². The van der Waals surface area contributed by atoms with Crippen LogP contribution in [0.3, 0.4) is 0 Å². The normalized spacial score (nSPS) is 18.0. The lowest BCUT2D eigenvalue weighted by Gasteiger charge is -2.36. The molecule has 0 aliphatic carbocycles. The molecule has 0 aromatic heterocycles. The van der Waals surface area contributed by atoms with Crippen LogP contribution in [0.2, 0.25) is 5.02 Å². The maximum Gasteiger partial charge on any atom is 0.225 e. The van der Waals surface area contributed by atoms with Crippen molar-refractivity contribution in [3.05, 3.63) is 28.8 Å². The monoisotopic (exact) mass is 324 g/mol. The molecule has 0 bridgehead atoms. The first-order valence-corrected chi connectivity index (χ1v) is 8.10. The molecule has 1 amide bonds. The molecule has 0 radical (unpaired) electrons. The molecule has 1 saturated heterocycles. The molecule has 1 fully saturated rings. The molecule has 0 unspecified atom stereocenters. The van der Waals surface area contributed by atoms with E-state index in [9.17, 15) is 4.79 Å². The average molecular weight is 325 g/mol. The molecule has 122 valence electrons. The van der Waals surface area contributed by atoms with Crippen molar-refractivity contribution in [3.8, 4) is 5.75 Å². The summed E-state index contributed by atoms with van der Waals surface area (Å²) in [5, 5.41) is 0.643. The Hall–Kier alpha value is -1.26. The van der Waals surface area contributed by atoms with Crippen LogP contribution in [0.1, 0.15) is 31.4 Å². The molecule has 1 aliphatic heterocycles. The van der Waals surface area contributed by atoms with Crippen LogP contribution < -0.4 is 4.74 Å². The van der Waals surface area contributed by atoms with E-state index in [0.717, 1.165) is 25.9 Å². The second-order valence-corrected chi connectivity index (χ2v) is 6.52. The molecule has 5 heteroatoms. The summed E-state index contributed by atoms with van der Waals surface area (Å²) >= 11 is 6.22. The highest BCUT2D eigenvalue weighted by Crippen LogP contribution is 2.32. The van der Waals surface area contributed by atoms with Gasteiger partial charge in [-0.3, -0.25) is 9.69 Å². The fraction of sp³-hybridized carbons (Fsp3) is 0.588. The third-order valence-electron chi connectivity index (χ3n) is 4.53. The summed E-state index contributed by atoms with van der Waals surface area (Å²) in [5.41, 5.74) is 1.18. The smallest absolute Gasteiger partial charge is 0.225 e. The van der Waals surface area contributed by atoms with Gasteiger partial charge in [-0.05, 0) is 50.6 Å². The Morgan fingerprint density at radius 3 is 2.50 bits per heavy atom. The van der Waals surface area contributed by atoms with Gasteiger partial charge in [0.1, 0.15) is 5.75 Å². The van der Waals surface area contributed by atoms with Gasteiger partial charge in [0.2, 0.25) is 5.91 Å². The average Bonchev–Trinajstić information content (AvgIpc) is 2.53. The van der Waals surface area contributed by atoms with Gasteiger partial charge in [0.05, 0.1) is 12.1 Å². The van der Waals surface area contributed by atoms with Crippen molar-refractivity contribution in [1.29, 1.82) is 0 Å². The second kappa shape index (κ2) is 7.34. The number of carbonyl (C=O) groups excluding carboxylic acids is 1. The molecule has 0 saturated carbocycles. The number of likely N-dealkylation sites (tertiary alicyclic amines) is 1. The number of hydrogen-bond donors (Lipinski definition) is 0. The van der Waals surface area contributed by atoms with Crippen molar-refractivity contribution in [2.45, 2.75) is 25.8 Å². The lowest BCUT2D eigenvalue weighted by Crippen LogP contribution is -2.41.